The predicted octanol–water partition coefficient (Wildman–Crippen LogP) is 3.36. The summed E-state index contributed by atoms with van der Waals surface area (Å²) in [4.78, 5) is 23.4. The van der Waals surface area contributed by atoms with Crippen LogP contribution in [0.25, 0.3) is 0 Å². The Bertz CT molecular complexity index is 708. The van der Waals surface area contributed by atoms with Gasteiger partial charge in [-0.3, -0.25) is 10.1 Å². The van der Waals surface area contributed by atoms with Gasteiger partial charge >= 0.3 is 12.0 Å². The van der Waals surface area contributed by atoms with E-state index >= 15 is 0 Å². The number of nitrogens with zero attached hydrogens (tertiary/aromatic N) is 2. The molecule has 2 amide bonds. The van der Waals surface area contributed by atoms with E-state index < -0.39 is 6.03 Å². The number of amides is 2. The Kier molecular flexibility index (Phi) is 6.50. The van der Waals surface area contributed by atoms with Crippen LogP contribution in [0.5, 0.6) is 0 Å². The minimum atomic E-state index is -0.519. The second kappa shape index (κ2) is 8.60. The highest BCUT2D eigenvalue weighted by Gasteiger charge is 2.21. The molecule has 0 saturated carbocycles. The number of ether oxygens (including phenoxy) is 1. The van der Waals surface area contributed by atoms with Gasteiger partial charge in [-0.25, -0.2) is 9.18 Å². The van der Waals surface area contributed by atoms with E-state index in [1.165, 1.54) is 43.1 Å². The Morgan fingerprint density at radius 2 is 2.00 bits per heavy atom. The average molecular weight is 370 g/mol. The number of carbonyl (C=O) groups is 2. The summed E-state index contributed by atoms with van der Waals surface area (Å²) in [5, 5.41) is 12.8. The zero-order valence-electron chi connectivity index (χ0n) is 12.9. The van der Waals surface area contributed by atoms with Gasteiger partial charge in [0.1, 0.15) is 11.1 Å². The molecule has 0 aliphatic carbocycles. The van der Waals surface area contributed by atoms with E-state index in [1.807, 2.05) is 6.92 Å². The maximum absolute atomic E-state index is 12.8. The average Bonchev–Trinajstić information content (AvgIpc) is 3.01. The van der Waals surface area contributed by atoms with E-state index in [2.05, 4.69) is 20.8 Å². The summed E-state index contributed by atoms with van der Waals surface area (Å²) in [7, 11) is 1.33. The van der Waals surface area contributed by atoms with Crippen molar-refractivity contribution in [2.75, 3.05) is 17.7 Å². The number of thioether (sulfide) groups is 1. The Morgan fingerprint density at radius 1 is 1.29 bits per heavy atom. The first kappa shape index (κ1) is 18.1. The second-order valence-corrected chi connectivity index (χ2v) is 6.92. The third-order valence-electron chi connectivity index (χ3n) is 2.81. The lowest BCUT2D eigenvalue weighted by atomic mass is 10.3. The summed E-state index contributed by atoms with van der Waals surface area (Å²) < 4.78 is 18.1. The van der Waals surface area contributed by atoms with Crippen LogP contribution in [0.4, 0.5) is 20.0 Å². The van der Waals surface area contributed by atoms with Gasteiger partial charge in [0, 0.05) is 5.69 Å². The van der Waals surface area contributed by atoms with Gasteiger partial charge in [0.2, 0.25) is 5.13 Å². The molecule has 0 radical (unpaired) electrons. The van der Waals surface area contributed by atoms with Crippen LogP contribution in [0.2, 0.25) is 0 Å². The van der Waals surface area contributed by atoms with Gasteiger partial charge in [-0.15, -0.1) is 10.2 Å². The molecule has 0 unspecified atom stereocenters. The number of rotatable bonds is 6. The molecule has 1 aromatic heterocycles. The summed E-state index contributed by atoms with van der Waals surface area (Å²) in [5.74, 6) is -0.718. The van der Waals surface area contributed by atoms with E-state index in [1.54, 1.807) is 0 Å². The third-order valence-corrected chi connectivity index (χ3v) is 5.07. The zero-order valence-corrected chi connectivity index (χ0v) is 14.5. The standard InChI is InChI=1S/C14H15FN4O3S2/c1-3-10(11(20)22-2)23-14-19-18-13(24-14)17-12(21)16-9-6-4-8(15)5-7-9/h4-7,10H,3H2,1-2H3,(H2,16,17,18,21)/t10-/m0/s1. The highest BCUT2D eigenvalue weighted by atomic mass is 32.2. The summed E-state index contributed by atoms with van der Waals surface area (Å²) in [6.07, 6.45) is 0.588. The van der Waals surface area contributed by atoms with Gasteiger partial charge in [0.25, 0.3) is 0 Å². The van der Waals surface area contributed by atoms with Gasteiger partial charge < -0.3 is 10.1 Å². The van der Waals surface area contributed by atoms with Crippen molar-refractivity contribution in [1.29, 1.82) is 0 Å². The number of halogens is 1. The van der Waals surface area contributed by atoms with Gasteiger partial charge in [0.05, 0.1) is 7.11 Å². The largest absolute Gasteiger partial charge is 0.468 e. The van der Waals surface area contributed by atoms with Gasteiger partial charge in [0.15, 0.2) is 4.34 Å². The minimum absolute atomic E-state index is 0.289. The highest BCUT2D eigenvalue weighted by Crippen LogP contribution is 2.30. The molecule has 7 nitrogen and oxygen atoms in total. The van der Waals surface area contributed by atoms with E-state index in [0.717, 1.165) is 11.3 Å². The van der Waals surface area contributed by atoms with Crippen LogP contribution in [-0.4, -0.2) is 34.6 Å². The first-order chi connectivity index (χ1) is 11.5. The van der Waals surface area contributed by atoms with E-state index in [0.29, 0.717) is 16.4 Å². The number of aromatic nitrogens is 2. The van der Waals surface area contributed by atoms with Crippen molar-refractivity contribution in [2.24, 2.45) is 0 Å². The first-order valence-corrected chi connectivity index (χ1v) is 8.63. The summed E-state index contributed by atoms with van der Waals surface area (Å²) in [5.41, 5.74) is 0.449. The smallest absolute Gasteiger partial charge is 0.325 e. The number of carbonyl (C=O) groups excluding carboxylic acids is 2. The molecule has 128 valence electrons. The van der Waals surface area contributed by atoms with Crippen LogP contribution >= 0.6 is 23.1 Å². The Balaban J connectivity index is 1.91. The Labute approximate surface area is 146 Å². The van der Waals surface area contributed by atoms with Crippen LogP contribution < -0.4 is 10.6 Å². The predicted molar refractivity (Wildman–Crippen MR) is 90.9 cm³/mol. The van der Waals surface area contributed by atoms with Gasteiger partial charge in [-0.1, -0.05) is 30.0 Å². The molecule has 0 aliphatic rings. The van der Waals surface area contributed by atoms with E-state index in [4.69, 9.17) is 4.74 Å². The van der Waals surface area contributed by atoms with Crippen LogP contribution in [0.1, 0.15) is 13.3 Å². The lowest BCUT2D eigenvalue weighted by molar-refractivity contribution is -0.140. The number of benzene rings is 1. The number of hydrogen-bond acceptors (Lipinski definition) is 7. The topological polar surface area (TPSA) is 93.2 Å². The van der Waals surface area contributed by atoms with Crippen molar-refractivity contribution in [2.45, 2.75) is 22.9 Å². The Morgan fingerprint density at radius 3 is 2.62 bits per heavy atom. The molecule has 2 N–H and O–H groups in total. The highest BCUT2D eigenvalue weighted by molar-refractivity contribution is 8.02. The quantitative estimate of drug-likeness (QED) is 0.460. The molecule has 0 fully saturated rings. The molecule has 24 heavy (non-hydrogen) atoms. The van der Waals surface area contributed by atoms with Crippen molar-refractivity contribution < 1.29 is 18.7 Å². The van der Waals surface area contributed by atoms with Crippen molar-refractivity contribution in [1.82, 2.24) is 10.2 Å². The minimum Gasteiger partial charge on any atom is -0.468 e. The van der Waals surface area contributed by atoms with Crippen LogP contribution in [0.3, 0.4) is 0 Å². The zero-order chi connectivity index (χ0) is 17.5. The fourth-order valence-electron chi connectivity index (χ4n) is 1.65. The number of hydrogen-bond donors (Lipinski definition) is 2. The van der Waals surface area contributed by atoms with E-state index in [9.17, 15) is 14.0 Å². The number of urea groups is 1. The molecule has 0 bridgehead atoms. The van der Waals surface area contributed by atoms with Crippen LogP contribution in [0, 0.1) is 5.82 Å². The molecule has 0 spiro atoms. The lowest BCUT2D eigenvalue weighted by Gasteiger charge is -2.08. The van der Waals surface area contributed by atoms with Crippen molar-refractivity contribution in [3.63, 3.8) is 0 Å². The molecule has 0 aliphatic heterocycles. The summed E-state index contributed by atoms with van der Waals surface area (Å²) >= 11 is 2.38. The fraction of sp³-hybridized carbons (Fsp3) is 0.286. The first-order valence-electron chi connectivity index (χ1n) is 6.93. The molecular formula is C14H15FN4O3S2. The Hall–Kier alpha value is -2.20. The molecule has 2 aromatic rings. The van der Waals surface area contributed by atoms with Crippen molar-refractivity contribution >= 4 is 45.9 Å². The van der Waals surface area contributed by atoms with Crippen molar-refractivity contribution in [3.8, 4) is 0 Å². The summed E-state index contributed by atoms with van der Waals surface area (Å²) in [6.45, 7) is 1.87. The maximum atomic E-state index is 12.8. The molecular weight excluding hydrogens is 355 g/mol. The summed E-state index contributed by atoms with van der Waals surface area (Å²) in [6, 6.07) is 4.85. The normalized spacial score (nSPS) is 11.6. The number of anilines is 2. The van der Waals surface area contributed by atoms with Gasteiger partial charge in [-0.2, -0.15) is 0 Å². The molecule has 1 heterocycles. The van der Waals surface area contributed by atoms with E-state index in [-0.39, 0.29) is 22.2 Å². The molecule has 1 aromatic carbocycles. The third kappa shape index (κ3) is 5.17. The number of methoxy groups -OCH3 is 1. The molecule has 10 heteroatoms. The molecule has 2 rings (SSSR count). The maximum Gasteiger partial charge on any atom is 0.325 e. The van der Waals surface area contributed by atoms with Crippen molar-refractivity contribution in [3.05, 3.63) is 30.1 Å². The second-order valence-electron chi connectivity index (χ2n) is 4.50. The van der Waals surface area contributed by atoms with Gasteiger partial charge in [-0.05, 0) is 30.7 Å². The van der Waals surface area contributed by atoms with Crippen LogP contribution in [0.15, 0.2) is 28.6 Å². The number of esters is 1. The number of nitrogens with one attached hydrogen (secondary N) is 2. The molecule has 1 atom stereocenters. The molecule has 0 saturated heterocycles. The lowest BCUT2D eigenvalue weighted by Crippen LogP contribution is -2.19. The fourth-order valence-corrected chi connectivity index (χ4v) is 3.59. The van der Waals surface area contributed by atoms with Crippen LogP contribution in [-0.2, 0) is 9.53 Å². The SMILES string of the molecule is CC[C@H](Sc1nnc(NC(=O)Nc2ccc(F)cc2)s1)C(=O)OC. The monoisotopic (exact) mass is 370 g/mol.